The molecule has 2 aromatic heterocycles. The molecule has 0 amide bonds. The number of furan rings is 2. The van der Waals surface area contributed by atoms with Gasteiger partial charge in [-0.05, 0) is 140 Å². The Morgan fingerprint density at radius 3 is 1.26 bits per heavy atom. The van der Waals surface area contributed by atoms with Gasteiger partial charge in [0.25, 0.3) is 0 Å². The van der Waals surface area contributed by atoms with E-state index in [1.165, 1.54) is 16.0 Å². The number of nitrogens with zero attached hydrogens (tertiary/aromatic N) is 2. The number of hydrogen-bond acceptors (Lipinski definition) is 5. The zero-order valence-corrected chi connectivity index (χ0v) is 51.0. The quantitative estimate of drug-likeness (QED) is 0.136. The molecule has 2 heterocycles. The minimum Gasteiger partial charge on any atom is -0.455 e. The van der Waals surface area contributed by atoms with Crippen molar-refractivity contribution in [2.75, 3.05) is 9.80 Å². The monoisotopic (exact) mass is 1150 g/mol. The van der Waals surface area contributed by atoms with E-state index in [4.69, 9.17) is 8.83 Å². The van der Waals surface area contributed by atoms with Gasteiger partial charge < -0.3 is 18.6 Å². The summed E-state index contributed by atoms with van der Waals surface area (Å²) in [6.07, 6.45) is 0. The van der Waals surface area contributed by atoms with Crippen molar-refractivity contribution in [2.45, 2.75) is 67.6 Å². The standard InChI is InChI=1S/C83H64N2O2S/c1-81(2,3)55-39-41-57(42-40-55)83(58-45-49-62(50-46-58)88-61-47-43-56(44-48-61)82(4,5)6)67-52-72(85(60-29-11-8-12-30-60)70-36-22-26-54-24-14-16-32-64(54)70)79-76(66-34-18-20-38-74(66)86-79)77(67)78-68(83)51-71(75-65-33-17-19-37-73(65)87-80(75)78)84(59-27-9-7-10-28-59)69-35-21-25-53-23-13-15-31-63(53)69/h7-52H,1-6H3. The van der Waals surface area contributed by atoms with Crippen molar-refractivity contribution in [3.63, 3.8) is 0 Å². The molecule has 88 heavy (non-hydrogen) atoms. The summed E-state index contributed by atoms with van der Waals surface area (Å²) in [6, 6.07) is 103. The van der Waals surface area contributed by atoms with Gasteiger partial charge in [0, 0.05) is 59.2 Å². The largest absolute Gasteiger partial charge is 0.455 e. The van der Waals surface area contributed by atoms with Crippen LogP contribution in [-0.4, -0.2) is 0 Å². The van der Waals surface area contributed by atoms with Gasteiger partial charge in [0.05, 0.1) is 33.6 Å². The molecule has 5 heteroatoms. The molecule has 1 atom stereocenters. The highest BCUT2D eigenvalue weighted by Crippen LogP contribution is 2.65. The van der Waals surface area contributed by atoms with E-state index in [0.717, 1.165) is 138 Å². The van der Waals surface area contributed by atoms with Crippen molar-refractivity contribution < 1.29 is 8.83 Å². The van der Waals surface area contributed by atoms with Crippen molar-refractivity contribution in [1.29, 1.82) is 0 Å². The maximum atomic E-state index is 7.68. The van der Waals surface area contributed by atoms with Crippen LogP contribution in [0.5, 0.6) is 0 Å². The zero-order valence-electron chi connectivity index (χ0n) is 50.2. The van der Waals surface area contributed by atoms with Crippen molar-refractivity contribution in [3.05, 3.63) is 312 Å². The normalized spacial score (nSPS) is 14.1. The van der Waals surface area contributed by atoms with Crippen LogP contribution >= 0.6 is 11.8 Å². The Bertz CT molecular complexity index is 5170. The van der Waals surface area contributed by atoms with Gasteiger partial charge in [0.2, 0.25) is 0 Å². The summed E-state index contributed by atoms with van der Waals surface area (Å²) in [6.45, 7) is 13.7. The van der Waals surface area contributed by atoms with Crippen LogP contribution in [0.25, 0.3) is 76.5 Å². The minimum atomic E-state index is -0.982. The van der Waals surface area contributed by atoms with Crippen molar-refractivity contribution in [2.24, 2.45) is 0 Å². The second-order valence-electron chi connectivity index (χ2n) is 25.6. The van der Waals surface area contributed by atoms with Gasteiger partial charge in [-0.15, -0.1) is 0 Å². The van der Waals surface area contributed by atoms with Crippen molar-refractivity contribution in [3.8, 4) is 11.1 Å². The molecular formula is C83H64N2O2S. The van der Waals surface area contributed by atoms with E-state index in [1.807, 2.05) is 0 Å². The lowest BCUT2D eigenvalue weighted by Crippen LogP contribution is -2.29. The summed E-state index contributed by atoms with van der Waals surface area (Å²) in [5, 5.41) is 8.74. The fourth-order valence-corrected chi connectivity index (χ4v) is 14.9. The summed E-state index contributed by atoms with van der Waals surface area (Å²) in [5.74, 6) is 0. The fourth-order valence-electron chi connectivity index (χ4n) is 14.1. The Labute approximate surface area is 517 Å². The van der Waals surface area contributed by atoms with Gasteiger partial charge >= 0.3 is 0 Å². The molecule has 0 fully saturated rings. The Balaban J connectivity index is 1.09. The lowest BCUT2D eigenvalue weighted by molar-refractivity contribution is 0.589. The molecule has 0 N–H and O–H groups in total. The first kappa shape index (κ1) is 53.4. The SMILES string of the molecule is CC(C)(C)c1ccc(Sc2ccc(C3(c4ccc(C(C)(C)C)cc4)c4cc(N(c5ccccc5)c5cccc6ccccc56)c5c(oc6ccccc65)c4-c4c3cc(N(c3ccccc3)c3cccc5ccccc35)c3oc5ccccc5c43)cc2)cc1. The predicted octanol–water partition coefficient (Wildman–Crippen LogP) is 23.8. The molecule has 1 unspecified atom stereocenters. The first-order chi connectivity index (χ1) is 42.9. The van der Waals surface area contributed by atoms with Gasteiger partial charge in [-0.2, -0.15) is 0 Å². The number of rotatable bonds is 10. The summed E-state index contributed by atoms with van der Waals surface area (Å²) in [5.41, 5.74) is 17.6. The molecule has 1 aliphatic rings. The highest BCUT2D eigenvalue weighted by atomic mass is 32.2. The first-order valence-electron chi connectivity index (χ1n) is 30.6. The average Bonchev–Trinajstić information content (AvgIpc) is 1.50. The van der Waals surface area contributed by atoms with E-state index >= 15 is 0 Å². The molecule has 15 aromatic rings. The van der Waals surface area contributed by atoms with Crippen LogP contribution in [0.2, 0.25) is 0 Å². The van der Waals surface area contributed by atoms with E-state index in [9.17, 15) is 0 Å². The van der Waals surface area contributed by atoms with Gasteiger partial charge in [0.1, 0.15) is 16.7 Å². The van der Waals surface area contributed by atoms with Gasteiger partial charge in [-0.1, -0.05) is 247 Å². The predicted molar refractivity (Wildman–Crippen MR) is 371 cm³/mol. The van der Waals surface area contributed by atoms with Crippen LogP contribution in [-0.2, 0) is 16.2 Å². The minimum absolute atomic E-state index is 0.0557. The highest BCUT2D eigenvalue weighted by molar-refractivity contribution is 7.99. The second-order valence-corrected chi connectivity index (χ2v) is 26.7. The lowest BCUT2D eigenvalue weighted by Gasteiger charge is -2.36. The molecule has 0 radical (unpaired) electrons. The first-order valence-corrected chi connectivity index (χ1v) is 31.4. The van der Waals surface area contributed by atoms with Gasteiger partial charge in [-0.25, -0.2) is 0 Å². The highest BCUT2D eigenvalue weighted by Gasteiger charge is 2.51. The van der Waals surface area contributed by atoms with Gasteiger partial charge in [0.15, 0.2) is 5.58 Å². The molecule has 0 spiro atoms. The molecule has 424 valence electrons. The van der Waals surface area contributed by atoms with Crippen LogP contribution in [0.15, 0.2) is 298 Å². The fraction of sp³-hybridized carbons (Fsp3) is 0.108. The number of para-hydroxylation sites is 4. The number of hydrogen-bond donors (Lipinski definition) is 0. The Kier molecular flexibility index (Phi) is 12.5. The maximum absolute atomic E-state index is 7.68. The Morgan fingerprint density at radius 1 is 0.330 bits per heavy atom. The molecule has 0 bridgehead atoms. The molecule has 1 aliphatic carbocycles. The van der Waals surface area contributed by atoms with Crippen LogP contribution < -0.4 is 9.80 Å². The Hall–Kier alpha value is -10.1. The third-order valence-electron chi connectivity index (χ3n) is 18.3. The number of benzene rings is 13. The maximum Gasteiger partial charge on any atom is 0.160 e. The van der Waals surface area contributed by atoms with Crippen LogP contribution in [0.4, 0.5) is 34.1 Å². The summed E-state index contributed by atoms with van der Waals surface area (Å²) in [4.78, 5) is 7.28. The van der Waals surface area contributed by atoms with Crippen molar-refractivity contribution >= 4 is 111 Å². The van der Waals surface area contributed by atoms with Crippen LogP contribution in [0, 0.1) is 0 Å². The molecule has 13 aromatic carbocycles. The van der Waals surface area contributed by atoms with E-state index in [1.54, 1.807) is 11.8 Å². The number of fused-ring (bicyclic) bond motifs is 13. The molecule has 16 rings (SSSR count). The van der Waals surface area contributed by atoms with E-state index < -0.39 is 5.41 Å². The van der Waals surface area contributed by atoms with E-state index in [2.05, 4.69) is 330 Å². The third kappa shape index (κ3) is 8.50. The third-order valence-corrected chi connectivity index (χ3v) is 19.3. The van der Waals surface area contributed by atoms with E-state index in [-0.39, 0.29) is 10.8 Å². The number of anilines is 6. The topological polar surface area (TPSA) is 32.8 Å². The lowest BCUT2D eigenvalue weighted by atomic mass is 9.67. The zero-order chi connectivity index (χ0) is 59.5. The average molecular weight is 1150 g/mol. The smallest absolute Gasteiger partial charge is 0.160 e. The van der Waals surface area contributed by atoms with Gasteiger partial charge in [-0.3, -0.25) is 0 Å². The summed E-state index contributed by atoms with van der Waals surface area (Å²) >= 11 is 1.80. The van der Waals surface area contributed by atoms with Crippen LogP contribution in [0.1, 0.15) is 74.9 Å². The Morgan fingerprint density at radius 2 is 0.727 bits per heavy atom. The molecule has 0 aliphatic heterocycles. The molecule has 0 saturated carbocycles. The summed E-state index contributed by atoms with van der Waals surface area (Å²) in [7, 11) is 0. The van der Waals surface area contributed by atoms with Crippen LogP contribution in [0.3, 0.4) is 0 Å². The molecule has 0 saturated heterocycles. The molecule has 4 nitrogen and oxygen atoms in total. The summed E-state index contributed by atoms with van der Waals surface area (Å²) < 4.78 is 15.2. The molecular weight excluding hydrogens is 1090 g/mol. The van der Waals surface area contributed by atoms with Crippen molar-refractivity contribution in [1.82, 2.24) is 0 Å². The van der Waals surface area contributed by atoms with E-state index in [0.29, 0.717) is 0 Å². The second kappa shape index (κ2) is 20.5.